The highest BCUT2D eigenvalue weighted by molar-refractivity contribution is 5.94. The van der Waals surface area contributed by atoms with Crippen molar-refractivity contribution in [3.63, 3.8) is 0 Å². The van der Waals surface area contributed by atoms with Gasteiger partial charge < -0.3 is 20.0 Å². The molecule has 140 valence electrons. The molecular weight excluding hydrogens is 348 g/mol. The van der Waals surface area contributed by atoms with Crippen LogP contribution in [0.4, 0.5) is 0 Å². The Morgan fingerprint density at radius 3 is 2.89 bits per heavy atom. The van der Waals surface area contributed by atoms with Crippen LogP contribution in [-0.4, -0.2) is 39.4 Å². The number of H-pyrrole nitrogens is 1. The van der Waals surface area contributed by atoms with Crippen molar-refractivity contribution in [3.05, 3.63) is 58.3 Å². The minimum Gasteiger partial charge on any atom is -0.408 e. The number of carbonyl (C=O) groups is 2. The summed E-state index contributed by atoms with van der Waals surface area (Å²) in [6.07, 6.45) is 3.36. The molecule has 0 saturated carbocycles. The Labute approximate surface area is 154 Å². The third kappa shape index (κ3) is 3.14. The van der Waals surface area contributed by atoms with Gasteiger partial charge in [-0.2, -0.15) is 0 Å². The molecule has 3 N–H and O–H groups in total. The molecule has 3 heterocycles. The summed E-state index contributed by atoms with van der Waals surface area (Å²) in [6.45, 7) is 1.02. The fraction of sp³-hybridized carbons (Fsp3) is 0.316. The fourth-order valence-corrected chi connectivity index (χ4v) is 3.77. The van der Waals surface area contributed by atoms with E-state index in [1.807, 2.05) is 0 Å². The molecule has 0 radical (unpaired) electrons. The van der Waals surface area contributed by atoms with Gasteiger partial charge in [-0.15, -0.1) is 0 Å². The smallest absolute Gasteiger partial charge is 0.408 e. The molecule has 3 aromatic rings. The molecule has 1 aliphatic heterocycles. The number of nitrogens with zero attached hydrogens (tertiary/aromatic N) is 2. The van der Waals surface area contributed by atoms with E-state index in [0.717, 1.165) is 18.5 Å². The number of likely N-dealkylation sites (tertiary alicyclic amines) is 1. The lowest BCUT2D eigenvalue weighted by molar-refractivity contribution is -0.133. The van der Waals surface area contributed by atoms with Crippen LogP contribution in [0.5, 0.6) is 0 Å². The third-order valence-electron chi connectivity index (χ3n) is 5.09. The molecule has 27 heavy (non-hydrogen) atoms. The molecular formula is C19H20N4O4. The van der Waals surface area contributed by atoms with Gasteiger partial charge in [0, 0.05) is 30.9 Å². The molecule has 1 fully saturated rings. The number of fused-ring (bicyclic) bond motifs is 1. The summed E-state index contributed by atoms with van der Waals surface area (Å²) in [5, 5.41) is 0. The molecule has 1 atom stereocenters. The SMILES string of the molecule is NC(=O)c1cc[nH]c1C1CCCN(C(=O)Cn2c(=O)oc3ccccc32)C1. The predicted octanol–water partition coefficient (Wildman–Crippen LogP) is 1.43. The van der Waals surface area contributed by atoms with Crippen LogP contribution in [0.3, 0.4) is 0 Å². The van der Waals surface area contributed by atoms with Crippen LogP contribution in [0.1, 0.15) is 34.8 Å². The van der Waals surface area contributed by atoms with Crippen molar-refractivity contribution in [2.45, 2.75) is 25.3 Å². The van der Waals surface area contributed by atoms with Crippen molar-refractivity contribution in [2.75, 3.05) is 13.1 Å². The highest BCUT2D eigenvalue weighted by Crippen LogP contribution is 2.28. The van der Waals surface area contributed by atoms with E-state index in [-0.39, 0.29) is 18.4 Å². The summed E-state index contributed by atoms with van der Waals surface area (Å²) in [5.74, 6) is -1.16. The first-order valence-electron chi connectivity index (χ1n) is 8.88. The lowest BCUT2D eigenvalue weighted by Gasteiger charge is -2.32. The standard InChI is InChI=1S/C19H20N4O4/c20-18(25)13-7-8-21-17(13)12-4-3-9-22(10-12)16(24)11-23-14-5-1-2-6-15(14)27-19(23)26/h1-2,5-8,12,21H,3-4,9-11H2,(H2,20,25). The van der Waals surface area contributed by atoms with Gasteiger partial charge in [0.05, 0.1) is 11.1 Å². The second kappa shape index (κ2) is 6.79. The van der Waals surface area contributed by atoms with Crippen molar-refractivity contribution in [3.8, 4) is 0 Å². The van der Waals surface area contributed by atoms with E-state index in [9.17, 15) is 14.4 Å². The number of primary amides is 1. The molecule has 1 unspecified atom stereocenters. The van der Waals surface area contributed by atoms with Gasteiger partial charge in [-0.3, -0.25) is 14.2 Å². The zero-order chi connectivity index (χ0) is 19.0. The molecule has 2 amide bonds. The average molecular weight is 368 g/mol. The summed E-state index contributed by atoms with van der Waals surface area (Å²) in [5.41, 5.74) is 7.73. The first-order chi connectivity index (χ1) is 13.0. The van der Waals surface area contributed by atoms with Gasteiger partial charge in [-0.05, 0) is 31.0 Å². The molecule has 1 aromatic carbocycles. The summed E-state index contributed by atoms with van der Waals surface area (Å²) in [4.78, 5) is 41.3. The van der Waals surface area contributed by atoms with Crippen molar-refractivity contribution >= 4 is 22.9 Å². The van der Waals surface area contributed by atoms with Gasteiger partial charge >= 0.3 is 5.76 Å². The maximum Gasteiger partial charge on any atom is 0.420 e. The number of benzene rings is 1. The normalized spacial score (nSPS) is 17.3. The highest BCUT2D eigenvalue weighted by Gasteiger charge is 2.28. The number of hydrogen-bond donors (Lipinski definition) is 2. The number of rotatable bonds is 4. The molecule has 8 heteroatoms. The van der Waals surface area contributed by atoms with E-state index >= 15 is 0 Å². The van der Waals surface area contributed by atoms with Crippen LogP contribution < -0.4 is 11.5 Å². The van der Waals surface area contributed by atoms with Crippen LogP contribution in [0.2, 0.25) is 0 Å². The summed E-state index contributed by atoms with van der Waals surface area (Å²) >= 11 is 0. The average Bonchev–Trinajstić information content (AvgIpc) is 3.27. The van der Waals surface area contributed by atoms with Gasteiger partial charge in [0.1, 0.15) is 6.54 Å². The van der Waals surface area contributed by atoms with E-state index in [4.69, 9.17) is 10.2 Å². The Balaban J connectivity index is 1.53. The summed E-state index contributed by atoms with van der Waals surface area (Å²) in [6, 6.07) is 8.69. The zero-order valence-corrected chi connectivity index (χ0v) is 14.7. The Morgan fingerprint density at radius 2 is 2.07 bits per heavy atom. The Hall–Kier alpha value is -3.29. The summed E-state index contributed by atoms with van der Waals surface area (Å²) in [7, 11) is 0. The number of aromatic nitrogens is 2. The zero-order valence-electron chi connectivity index (χ0n) is 14.7. The Kier molecular flexibility index (Phi) is 4.31. The van der Waals surface area contributed by atoms with E-state index in [0.29, 0.717) is 29.8 Å². The topological polar surface area (TPSA) is 114 Å². The van der Waals surface area contributed by atoms with Crippen LogP contribution in [0.15, 0.2) is 45.7 Å². The second-order valence-electron chi connectivity index (χ2n) is 6.77. The Bertz CT molecular complexity index is 1060. The number of hydrogen-bond acceptors (Lipinski definition) is 4. The van der Waals surface area contributed by atoms with Gasteiger partial charge in [0.2, 0.25) is 5.91 Å². The number of para-hydroxylation sites is 2. The third-order valence-corrected chi connectivity index (χ3v) is 5.09. The Morgan fingerprint density at radius 1 is 1.26 bits per heavy atom. The van der Waals surface area contributed by atoms with E-state index in [2.05, 4.69) is 4.98 Å². The summed E-state index contributed by atoms with van der Waals surface area (Å²) < 4.78 is 6.54. The number of oxazole rings is 1. The minimum atomic E-state index is -0.543. The minimum absolute atomic E-state index is 0.0121. The highest BCUT2D eigenvalue weighted by atomic mass is 16.4. The number of aromatic amines is 1. The fourth-order valence-electron chi connectivity index (χ4n) is 3.77. The second-order valence-corrected chi connectivity index (χ2v) is 6.77. The van der Waals surface area contributed by atoms with Crippen LogP contribution in [0.25, 0.3) is 11.1 Å². The predicted molar refractivity (Wildman–Crippen MR) is 98.3 cm³/mol. The van der Waals surface area contributed by atoms with Gasteiger partial charge in [-0.25, -0.2) is 4.79 Å². The van der Waals surface area contributed by atoms with Crippen molar-refractivity contribution < 1.29 is 14.0 Å². The van der Waals surface area contributed by atoms with E-state index in [1.165, 1.54) is 4.57 Å². The number of amides is 2. The first-order valence-corrected chi connectivity index (χ1v) is 8.88. The monoisotopic (exact) mass is 368 g/mol. The lowest BCUT2D eigenvalue weighted by atomic mass is 9.92. The maximum atomic E-state index is 12.8. The molecule has 0 bridgehead atoms. The molecule has 2 aromatic heterocycles. The number of nitrogens with two attached hydrogens (primary N) is 1. The molecule has 8 nitrogen and oxygen atoms in total. The van der Waals surface area contributed by atoms with Crippen LogP contribution in [-0.2, 0) is 11.3 Å². The molecule has 0 spiro atoms. The number of carbonyl (C=O) groups excluding carboxylic acids is 2. The molecule has 4 rings (SSSR count). The molecule has 0 aliphatic carbocycles. The molecule has 1 aliphatic rings. The largest absolute Gasteiger partial charge is 0.420 e. The van der Waals surface area contributed by atoms with Gasteiger partial charge in [-0.1, -0.05) is 12.1 Å². The van der Waals surface area contributed by atoms with Crippen molar-refractivity contribution in [1.29, 1.82) is 0 Å². The first kappa shape index (κ1) is 17.1. The van der Waals surface area contributed by atoms with E-state index < -0.39 is 11.7 Å². The lowest BCUT2D eigenvalue weighted by Crippen LogP contribution is -2.42. The maximum absolute atomic E-state index is 12.8. The van der Waals surface area contributed by atoms with Crippen LogP contribution in [0, 0.1) is 0 Å². The van der Waals surface area contributed by atoms with Crippen molar-refractivity contribution in [2.24, 2.45) is 5.73 Å². The number of nitrogens with one attached hydrogen (secondary N) is 1. The van der Waals surface area contributed by atoms with Gasteiger partial charge in [0.15, 0.2) is 5.58 Å². The number of piperidine rings is 1. The van der Waals surface area contributed by atoms with Crippen molar-refractivity contribution in [1.82, 2.24) is 14.5 Å². The quantitative estimate of drug-likeness (QED) is 0.725. The van der Waals surface area contributed by atoms with Gasteiger partial charge in [0.25, 0.3) is 5.91 Å². The van der Waals surface area contributed by atoms with Crippen LogP contribution >= 0.6 is 0 Å². The molecule has 1 saturated heterocycles. The van der Waals surface area contributed by atoms with E-state index in [1.54, 1.807) is 41.4 Å².